The molecule has 3 heterocycles. The summed E-state index contributed by atoms with van der Waals surface area (Å²) in [7, 11) is 0. The fourth-order valence-electron chi connectivity index (χ4n) is 3.04. The number of thiophene rings is 1. The highest BCUT2D eigenvalue weighted by Gasteiger charge is 2.48. The normalized spacial score (nSPS) is 23.0. The van der Waals surface area contributed by atoms with E-state index in [9.17, 15) is 22.8 Å². The van der Waals surface area contributed by atoms with Gasteiger partial charge in [-0.05, 0) is 24.4 Å². The minimum Gasteiger partial charge on any atom is -0.475 e. The Morgan fingerprint density at radius 1 is 1.38 bits per heavy atom. The first-order chi connectivity index (χ1) is 12.1. The number of amides is 2. The fraction of sp³-hybridized carbons (Fsp3) is 0.533. The number of hydrogen-bond donors (Lipinski definition) is 2. The zero-order valence-corrected chi connectivity index (χ0v) is 14.7. The first-order valence-corrected chi connectivity index (χ1v) is 8.63. The highest BCUT2D eigenvalue weighted by Crippen LogP contribution is 2.32. The third-order valence-electron chi connectivity index (χ3n) is 4.28. The van der Waals surface area contributed by atoms with Crippen molar-refractivity contribution in [1.29, 1.82) is 0 Å². The molecule has 1 aromatic heterocycles. The van der Waals surface area contributed by atoms with E-state index < -0.39 is 12.1 Å². The van der Waals surface area contributed by atoms with Crippen LogP contribution in [0.3, 0.4) is 0 Å². The van der Waals surface area contributed by atoms with Gasteiger partial charge in [-0.15, -0.1) is 0 Å². The predicted molar refractivity (Wildman–Crippen MR) is 88.0 cm³/mol. The van der Waals surface area contributed by atoms with Crippen LogP contribution in [-0.2, 0) is 14.4 Å². The molecule has 2 amide bonds. The number of carbonyl (C=O) groups excluding carboxylic acids is 2. The molecule has 26 heavy (non-hydrogen) atoms. The van der Waals surface area contributed by atoms with Gasteiger partial charge in [-0.2, -0.15) is 24.5 Å². The number of carbonyl (C=O) groups is 3. The molecule has 7 nitrogen and oxygen atoms in total. The molecular weight excluding hydrogens is 375 g/mol. The Morgan fingerprint density at radius 3 is 2.46 bits per heavy atom. The molecule has 0 saturated carbocycles. The van der Waals surface area contributed by atoms with Crippen LogP contribution in [0, 0.1) is 0 Å². The van der Waals surface area contributed by atoms with Crippen molar-refractivity contribution in [3.05, 3.63) is 16.8 Å². The second-order valence-electron chi connectivity index (χ2n) is 6.02. The molecule has 1 aromatic rings. The van der Waals surface area contributed by atoms with Crippen molar-refractivity contribution in [1.82, 2.24) is 10.2 Å². The summed E-state index contributed by atoms with van der Waals surface area (Å²) in [4.78, 5) is 36.6. The van der Waals surface area contributed by atoms with E-state index in [1.54, 1.807) is 23.2 Å². The molecule has 2 N–H and O–H groups in total. The van der Waals surface area contributed by atoms with Crippen LogP contribution in [0.2, 0.25) is 0 Å². The highest BCUT2D eigenvalue weighted by atomic mass is 32.1. The van der Waals surface area contributed by atoms with Gasteiger partial charge in [0.2, 0.25) is 11.8 Å². The number of piperazine rings is 1. The number of rotatable bonds is 1. The van der Waals surface area contributed by atoms with Crippen LogP contribution in [0.5, 0.6) is 0 Å². The quantitative estimate of drug-likeness (QED) is 0.751. The van der Waals surface area contributed by atoms with Gasteiger partial charge in [-0.3, -0.25) is 9.59 Å². The highest BCUT2D eigenvalue weighted by molar-refractivity contribution is 7.08. The molecule has 1 unspecified atom stereocenters. The van der Waals surface area contributed by atoms with E-state index in [-0.39, 0.29) is 23.9 Å². The first kappa shape index (κ1) is 20.2. The molecule has 2 saturated heterocycles. The summed E-state index contributed by atoms with van der Waals surface area (Å²) in [6, 6.07) is 1.96. The van der Waals surface area contributed by atoms with Crippen LogP contribution in [0.1, 0.15) is 13.3 Å². The maximum Gasteiger partial charge on any atom is 0.490 e. The van der Waals surface area contributed by atoms with E-state index in [1.165, 1.54) is 0 Å². The van der Waals surface area contributed by atoms with E-state index in [4.69, 9.17) is 9.90 Å². The van der Waals surface area contributed by atoms with Gasteiger partial charge in [0.05, 0.1) is 17.8 Å². The van der Waals surface area contributed by atoms with Gasteiger partial charge in [0.25, 0.3) is 0 Å². The van der Waals surface area contributed by atoms with Crippen LogP contribution in [0.25, 0.3) is 0 Å². The van der Waals surface area contributed by atoms with Crippen LogP contribution >= 0.6 is 11.3 Å². The molecular formula is C15H18F3N3O4S. The number of alkyl halides is 3. The summed E-state index contributed by atoms with van der Waals surface area (Å²) in [6.07, 6.45) is -4.18. The molecule has 0 bridgehead atoms. The standard InChI is InChI=1S/C13H17N3O2S.C2HF3O2/c1-10(17)16-6-12(18)15(11-2-5-19-7-11)9-13(16)3-4-14-8-13;3-2(4,5)1(6)7/h2,5,7,14H,3-4,6,8-9H2,1H3;(H,6,7). The molecule has 0 aromatic carbocycles. The second-order valence-corrected chi connectivity index (χ2v) is 6.80. The van der Waals surface area contributed by atoms with Gasteiger partial charge in [-0.25, -0.2) is 4.79 Å². The van der Waals surface area contributed by atoms with Crippen LogP contribution in [0.15, 0.2) is 16.8 Å². The van der Waals surface area contributed by atoms with Gasteiger partial charge < -0.3 is 20.2 Å². The Balaban J connectivity index is 0.000000298. The molecule has 144 valence electrons. The molecule has 0 aliphatic carbocycles. The molecule has 0 radical (unpaired) electrons. The topological polar surface area (TPSA) is 90.0 Å². The third kappa shape index (κ3) is 4.33. The molecule has 2 fully saturated rings. The zero-order valence-electron chi connectivity index (χ0n) is 13.9. The minimum atomic E-state index is -5.08. The summed E-state index contributed by atoms with van der Waals surface area (Å²) < 4.78 is 31.7. The Morgan fingerprint density at radius 2 is 2.04 bits per heavy atom. The molecule has 1 atom stereocenters. The average Bonchev–Trinajstić information content (AvgIpc) is 3.21. The Labute approximate surface area is 151 Å². The van der Waals surface area contributed by atoms with Gasteiger partial charge in [0, 0.05) is 18.8 Å². The maximum absolute atomic E-state index is 12.3. The van der Waals surface area contributed by atoms with Gasteiger partial charge in [0.15, 0.2) is 0 Å². The number of aliphatic carboxylic acids is 1. The van der Waals surface area contributed by atoms with Crippen LogP contribution < -0.4 is 10.2 Å². The fourth-order valence-corrected chi connectivity index (χ4v) is 3.69. The number of hydrogen-bond acceptors (Lipinski definition) is 5. The summed E-state index contributed by atoms with van der Waals surface area (Å²) in [6.45, 7) is 3.99. The summed E-state index contributed by atoms with van der Waals surface area (Å²) in [5, 5.41) is 14.4. The Kier molecular flexibility index (Phi) is 5.91. The summed E-state index contributed by atoms with van der Waals surface area (Å²) in [5.74, 6) is -2.76. The van der Waals surface area contributed by atoms with Crippen molar-refractivity contribution in [2.45, 2.75) is 25.1 Å². The van der Waals surface area contributed by atoms with E-state index in [0.29, 0.717) is 6.54 Å². The lowest BCUT2D eigenvalue weighted by Gasteiger charge is -2.47. The summed E-state index contributed by atoms with van der Waals surface area (Å²) >= 11 is 1.58. The van der Waals surface area contributed by atoms with Crippen molar-refractivity contribution in [3.8, 4) is 0 Å². The van der Waals surface area contributed by atoms with Gasteiger partial charge in [-0.1, -0.05) is 0 Å². The van der Waals surface area contributed by atoms with E-state index in [2.05, 4.69) is 5.32 Å². The lowest BCUT2D eigenvalue weighted by atomic mass is 9.92. The maximum atomic E-state index is 12.3. The largest absolute Gasteiger partial charge is 0.490 e. The molecule has 11 heteroatoms. The lowest BCUT2D eigenvalue weighted by molar-refractivity contribution is -0.192. The number of nitrogens with zero attached hydrogens (tertiary/aromatic N) is 2. The SMILES string of the molecule is CC(=O)N1CC(=O)N(c2ccsc2)CC12CCNC2.O=C(O)C(F)(F)F. The van der Waals surface area contributed by atoms with E-state index in [0.717, 1.165) is 25.2 Å². The van der Waals surface area contributed by atoms with Crippen LogP contribution in [0.4, 0.5) is 18.9 Å². The lowest BCUT2D eigenvalue weighted by Crippen LogP contribution is -2.66. The zero-order chi connectivity index (χ0) is 19.5. The molecule has 2 aliphatic heterocycles. The Bertz CT molecular complexity index is 672. The number of nitrogens with one attached hydrogen (secondary N) is 1. The van der Waals surface area contributed by atoms with Crippen molar-refractivity contribution in [3.63, 3.8) is 0 Å². The monoisotopic (exact) mass is 393 g/mol. The minimum absolute atomic E-state index is 0.00567. The van der Waals surface area contributed by atoms with Crippen molar-refractivity contribution < 1.29 is 32.7 Å². The number of halogens is 3. The van der Waals surface area contributed by atoms with E-state index >= 15 is 0 Å². The smallest absolute Gasteiger partial charge is 0.475 e. The molecule has 1 spiro atoms. The number of carboxylic acid groups (broad SMARTS) is 1. The molecule has 3 rings (SSSR count). The predicted octanol–water partition coefficient (Wildman–Crippen LogP) is 1.31. The third-order valence-corrected chi connectivity index (χ3v) is 4.95. The van der Waals surface area contributed by atoms with Gasteiger partial charge >= 0.3 is 12.1 Å². The van der Waals surface area contributed by atoms with E-state index in [1.807, 2.05) is 21.7 Å². The van der Waals surface area contributed by atoms with Crippen molar-refractivity contribution in [2.24, 2.45) is 0 Å². The summed E-state index contributed by atoms with van der Waals surface area (Å²) in [5.41, 5.74) is 0.714. The van der Waals surface area contributed by atoms with Gasteiger partial charge in [0.1, 0.15) is 6.54 Å². The first-order valence-electron chi connectivity index (χ1n) is 7.68. The number of anilines is 1. The van der Waals surface area contributed by atoms with Crippen molar-refractivity contribution >= 4 is 34.8 Å². The van der Waals surface area contributed by atoms with Crippen LogP contribution in [-0.4, -0.2) is 65.7 Å². The second kappa shape index (κ2) is 7.62. The average molecular weight is 393 g/mol. The molecule has 2 aliphatic rings. The number of carboxylic acids is 1. The van der Waals surface area contributed by atoms with Crippen molar-refractivity contribution in [2.75, 3.05) is 31.1 Å². The Hall–Kier alpha value is -2.14.